The lowest BCUT2D eigenvalue weighted by atomic mass is 9.97. The van der Waals surface area contributed by atoms with Crippen LogP contribution >= 0.6 is 11.3 Å². The second-order valence-corrected chi connectivity index (χ2v) is 7.08. The fraction of sp³-hybridized carbons (Fsp3) is 0.471. The van der Waals surface area contributed by atoms with Crippen LogP contribution in [0.25, 0.3) is 0 Å². The van der Waals surface area contributed by atoms with Gasteiger partial charge in [0, 0.05) is 51.2 Å². The smallest absolute Gasteiger partial charge is 0.248 e. The maximum atomic E-state index is 11.6. The number of ether oxygens (including phenoxy) is 1. The van der Waals surface area contributed by atoms with Crippen molar-refractivity contribution in [1.29, 1.82) is 0 Å². The molecule has 2 aromatic rings. The Balaban J connectivity index is 1.60. The average molecular weight is 346 g/mol. The summed E-state index contributed by atoms with van der Waals surface area (Å²) < 4.78 is 5.57. The van der Waals surface area contributed by atoms with E-state index in [9.17, 15) is 4.79 Å². The lowest BCUT2D eigenvalue weighted by Gasteiger charge is -2.29. The number of likely N-dealkylation sites (N-methyl/N-ethyl adjacent to an activating group) is 1. The monoisotopic (exact) mass is 346 g/mol. The Bertz CT molecular complexity index is 688. The van der Waals surface area contributed by atoms with E-state index in [0.717, 1.165) is 36.6 Å². The van der Waals surface area contributed by atoms with E-state index in [1.54, 1.807) is 25.4 Å². The lowest BCUT2D eigenvalue weighted by Crippen LogP contribution is -2.31. The van der Waals surface area contributed by atoms with Gasteiger partial charge in [0.2, 0.25) is 5.91 Å². The molecular weight excluding hydrogens is 324 g/mol. The van der Waals surface area contributed by atoms with Crippen molar-refractivity contribution in [3.05, 3.63) is 45.7 Å². The first-order valence-electron chi connectivity index (χ1n) is 7.96. The van der Waals surface area contributed by atoms with Crippen molar-refractivity contribution in [2.24, 2.45) is 0 Å². The number of amides is 1. The topological polar surface area (TPSA) is 58.6 Å². The fourth-order valence-electron chi connectivity index (χ4n) is 2.79. The van der Waals surface area contributed by atoms with Gasteiger partial charge in [0.25, 0.3) is 0 Å². The number of aromatic nitrogens is 2. The number of nitrogens with zero attached hydrogens (tertiary/aromatic N) is 4. The molecule has 1 aliphatic heterocycles. The van der Waals surface area contributed by atoms with Gasteiger partial charge in [0.15, 0.2) is 0 Å². The fourth-order valence-corrected chi connectivity index (χ4v) is 3.44. The van der Waals surface area contributed by atoms with E-state index in [1.807, 2.05) is 24.0 Å². The van der Waals surface area contributed by atoms with Crippen molar-refractivity contribution in [2.45, 2.75) is 26.1 Å². The molecule has 0 aromatic carbocycles. The zero-order valence-corrected chi connectivity index (χ0v) is 14.9. The minimum absolute atomic E-state index is 0.0256. The van der Waals surface area contributed by atoms with Crippen LogP contribution in [0.1, 0.15) is 21.7 Å². The van der Waals surface area contributed by atoms with Crippen LogP contribution in [0.5, 0.6) is 0 Å². The van der Waals surface area contributed by atoms with E-state index < -0.39 is 0 Å². The second kappa shape index (κ2) is 7.83. The summed E-state index contributed by atoms with van der Waals surface area (Å²) in [6, 6.07) is 0. The molecule has 0 spiro atoms. The van der Waals surface area contributed by atoms with Crippen molar-refractivity contribution in [2.75, 3.05) is 27.2 Å². The van der Waals surface area contributed by atoms with Crippen molar-refractivity contribution < 1.29 is 9.53 Å². The van der Waals surface area contributed by atoms with Crippen LogP contribution in [-0.4, -0.2) is 52.9 Å². The Kier molecular flexibility index (Phi) is 5.55. The summed E-state index contributed by atoms with van der Waals surface area (Å²) in [4.78, 5) is 24.2. The van der Waals surface area contributed by atoms with Gasteiger partial charge in [-0.05, 0) is 23.1 Å². The molecule has 0 unspecified atom stereocenters. The van der Waals surface area contributed by atoms with Crippen molar-refractivity contribution in [3.63, 3.8) is 0 Å². The maximum Gasteiger partial charge on any atom is 0.248 e. The Morgan fingerprint density at radius 2 is 2.29 bits per heavy atom. The Labute approximate surface area is 146 Å². The molecule has 0 aliphatic carbocycles. The van der Waals surface area contributed by atoms with Crippen LogP contribution < -0.4 is 0 Å². The molecule has 0 saturated carbocycles. The summed E-state index contributed by atoms with van der Waals surface area (Å²) in [6.07, 6.45) is 6.63. The highest BCUT2D eigenvalue weighted by molar-refractivity contribution is 7.09. The van der Waals surface area contributed by atoms with Crippen LogP contribution in [0.4, 0.5) is 0 Å². The van der Waals surface area contributed by atoms with Gasteiger partial charge in [-0.1, -0.05) is 0 Å². The summed E-state index contributed by atoms with van der Waals surface area (Å²) in [5.41, 5.74) is 3.66. The van der Waals surface area contributed by atoms with Crippen LogP contribution in [0.3, 0.4) is 0 Å². The lowest BCUT2D eigenvalue weighted by molar-refractivity contribution is -0.133. The number of carbonyl (C=O) groups is 1. The molecule has 0 atom stereocenters. The quantitative estimate of drug-likeness (QED) is 0.797. The number of thiazole rings is 1. The van der Waals surface area contributed by atoms with Crippen molar-refractivity contribution >= 4 is 17.2 Å². The number of carbonyl (C=O) groups excluding carboxylic acids is 1. The highest BCUT2D eigenvalue weighted by Crippen LogP contribution is 2.23. The molecule has 0 saturated heterocycles. The number of fused-ring (bicyclic) bond motifs is 1. The third-order valence-corrected chi connectivity index (χ3v) is 4.90. The van der Waals surface area contributed by atoms with E-state index in [4.69, 9.17) is 4.74 Å². The van der Waals surface area contributed by atoms with Gasteiger partial charge in [-0.15, -0.1) is 11.3 Å². The molecule has 0 radical (unpaired) electrons. The molecule has 7 heteroatoms. The molecule has 0 bridgehead atoms. The summed E-state index contributed by atoms with van der Waals surface area (Å²) in [6.45, 7) is 3.30. The van der Waals surface area contributed by atoms with Gasteiger partial charge in [-0.3, -0.25) is 14.7 Å². The Hall–Kier alpha value is -1.83. The molecule has 1 amide bonds. The average Bonchev–Trinajstić information content (AvgIpc) is 3.07. The highest BCUT2D eigenvalue weighted by atomic mass is 32.1. The SMILES string of the molecule is CN(C)C(=O)COCc1cncc2c1CCN(Cc1nccs1)C2. The van der Waals surface area contributed by atoms with E-state index in [2.05, 4.69) is 14.9 Å². The minimum Gasteiger partial charge on any atom is -0.367 e. The zero-order chi connectivity index (χ0) is 16.9. The Morgan fingerprint density at radius 3 is 3.04 bits per heavy atom. The molecule has 24 heavy (non-hydrogen) atoms. The summed E-state index contributed by atoms with van der Waals surface area (Å²) in [5, 5.41) is 3.16. The van der Waals surface area contributed by atoms with Gasteiger partial charge in [0.05, 0.1) is 13.2 Å². The number of hydrogen-bond acceptors (Lipinski definition) is 6. The summed E-state index contributed by atoms with van der Waals surface area (Å²) in [7, 11) is 3.46. The van der Waals surface area contributed by atoms with E-state index in [-0.39, 0.29) is 12.5 Å². The van der Waals surface area contributed by atoms with Crippen molar-refractivity contribution in [1.82, 2.24) is 19.8 Å². The first-order valence-corrected chi connectivity index (χ1v) is 8.84. The van der Waals surface area contributed by atoms with Gasteiger partial charge < -0.3 is 9.64 Å². The largest absolute Gasteiger partial charge is 0.367 e. The molecule has 0 N–H and O–H groups in total. The predicted molar refractivity (Wildman–Crippen MR) is 92.5 cm³/mol. The Morgan fingerprint density at radius 1 is 1.42 bits per heavy atom. The van der Waals surface area contributed by atoms with Gasteiger partial charge in [-0.2, -0.15) is 0 Å². The first kappa shape index (κ1) is 17.0. The molecule has 0 fully saturated rings. The minimum atomic E-state index is -0.0256. The van der Waals surface area contributed by atoms with E-state index in [0.29, 0.717) is 6.61 Å². The normalized spacial score (nSPS) is 14.4. The molecule has 128 valence electrons. The zero-order valence-electron chi connectivity index (χ0n) is 14.1. The standard InChI is InChI=1S/C17H22N4O2S/c1-20(2)17(22)12-23-11-14-8-18-7-13-9-21(5-3-15(13)14)10-16-19-4-6-24-16/h4,6-8H,3,5,9-12H2,1-2H3. The first-order chi connectivity index (χ1) is 11.6. The molecule has 3 rings (SSSR count). The molecule has 6 nitrogen and oxygen atoms in total. The molecular formula is C17H22N4O2S. The number of pyridine rings is 1. The van der Waals surface area contributed by atoms with Crippen LogP contribution in [-0.2, 0) is 35.6 Å². The van der Waals surface area contributed by atoms with Gasteiger partial charge >= 0.3 is 0 Å². The highest BCUT2D eigenvalue weighted by Gasteiger charge is 2.20. The third-order valence-electron chi connectivity index (χ3n) is 4.13. The van der Waals surface area contributed by atoms with Crippen molar-refractivity contribution in [3.8, 4) is 0 Å². The predicted octanol–water partition coefficient (Wildman–Crippen LogP) is 1.70. The summed E-state index contributed by atoms with van der Waals surface area (Å²) >= 11 is 1.69. The van der Waals surface area contributed by atoms with Gasteiger partial charge in [0.1, 0.15) is 11.6 Å². The van der Waals surface area contributed by atoms with E-state index >= 15 is 0 Å². The molecule has 1 aliphatic rings. The number of rotatable bonds is 6. The molecule has 2 aromatic heterocycles. The second-order valence-electron chi connectivity index (χ2n) is 6.10. The van der Waals surface area contributed by atoms with Crippen LogP contribution in [0, 0.1) is 0 Å². The number of hydrogen-bond donors (Lipinski definition) is 0. The van der Waals surface area contributed by atoms with Gasteiger partial charge in [-0.25, -0.2) is 4.98 Å². The van der Waals surface area contributed by atoms with Crippen LogP contribution in [0.15, 0.2) is 24.0 Å². The summed E-state index contributed by atoms with van der Waals surface area (Å²) in [5.74, 6) is -0.0256. The molecule has 3 heterocycles. The maximum absolute atomic E-state index is 11.6. The van der Waals surface area contributed by atoms with Crippen LogP contribution in [0.2, 0.25) is 0 Å². The van der Waals surface area contributed by atoms with E-state index in [1.165, 1.54) is 16.0 Å². The third kappa shape index (κ3) is 4.17.